The quantitative estimate of drug-likeness (QED) is 0.807. The summed E-state index contributed by atoms with van der Waals surface area (Å²) in [6.07, 6.45) is 3.51. The fourth-order valence-corrected chi connectivity index (χ4v) is 2.11. The second-order valence-corrected chi connectivity index (χ2v) is 4.61. The van der Waals surface area contributed by atoms with Gasteiger partial charge < -0.3 is 9.15 Å². The molecule has 2 aromatic rings. The first-order chi connectivity index (χ1) is 9.15. The molecule has 3 heteroatoms. The Balaban J connectivity index is 2.33. The van der Waals surface area contributed by atoms with E-state index in [1.54, 1.807) is 6.26 Å². The van der Waals surface area contributed by atoms with Gasteiger partial charge in [-0.3, -0.25) is 0 Å². The molecule has 0 amide bonds. The van der Waals surface area contributed by atoms with Crippen LogP contribution in [0.25, 0.3) is 0 Å². The number of nitrogens with zero attached hydrogens (tertiary/aromatic N) is 1. The fraction of sp³-hybridized carbons (Fsp3) is 0.312. The van der Waals surface area contributed by atoms with Crippen LogP contribution < -0.4 is 4.74 Å². The minimum Gasteiger partial charge on any atom is -0.465 e. The molecule has 0 spiro atoms. The Morgan fingerprint density at radius 2 is 1.95 bits per heavy atom. The van der Waals surface area contributed by atoms with Gasteiger partial charge in [-0.2, -0.15) is 5.26 Å². The number of rotatable bonds is 4. The van der Waals surface area contributed by atoms with Crippen LogP contribution in [0.3, 0.4) is 0 Å². The summed E-state index contributed by atoms with van der Waals surface area (Å²) in [6.45, 7) is 6.00. The number of aryl methyl sites for hydroxylation is 3. The molecule has 1 aromatic heterocycles. The van der Waals surface area contributed by atoms with Crippen LogP contribution in [0.4, 0.5) is 0 Å². The van der Waals surface area contributed by atoms with Gasteiger partial charge in [0.15, 0.2) is 5.75 Å². The van der Waals surface area contributed by atoms with Crippen LogP contribution in [-0.2, 0) is 6.42 Å². The van der Waals surface area contributed by atoms with E-state index in [-0.39, 0.29) is 0 Å². The molecule has 0 aliphatic heterocycles. The topological polar surface area (TPSA) is 46.2 Å². The molecular weight excluding hydrogens is 238 g/mol. The lowest BCUT2D eigenvalue weighted by Gasteiger charge is -2.12. The molecule has 0 saturated heterocycles. The summed E-state index contributed by atoms with van der Waals surface area (Å²) in [5, 5.41) is 8.94. The molecule has 1 heterocycles. The Morgan fingerprint density at radius 3 is 2.53 bits per heavy atom. The predicted molar refractivity (Wildman–Crippen MR) is 73.4 cm³/mol. The van der Waals surface area contributed by atoms with Gasteiger partial charge in [-0.25, -0.2) is 0 Å². The number of ether oxygens (including phenoxy) is 1. The SMILES string of the molecule is CCCc1occc1Oc1c(C)cc(C#N)cc1C. The van der Waals surface area contributed by atoms with Crippen LogP contribution in [0.5, 0.6) is 11.5 Å². The summed E-state index contributed by atoms with van der Waals surface area (Å²) in [7, 11) is 0. The molecule has 0 aliphatic carbocycles. The molecule has 98 valence electrons. The van der Waals surface area contributed by atoms with Gasteiger partial charge in [0.25, 0.3) is 0 Å². The summed E-state index contributed by atoms with van der Waals surface area (Å²) in [4.78, 5) is 0. The third kappa shape index (κ3) is 2.79. The molecule has 1 aromatic carbocycles. The molecule has 0 saturated carbocycles. The minimum absolute atomic E-state index is 0.656. The minimum atomic E-state index is 0.656. The van der Waals surface area contributed by atoms with E-state index in [4.69, 9.17) is 14.4 Å². The zero-order valence-electron chi connectivity index (χ0n) is 11.5. The molecule has 0 fully saturated rings. The van der Waals surface area contributed by atoms with Gasteiger partial charge in [0.05, 0.1) is 17.9 Å². The lowest BCUT2D eigenvalue weighted by atomic mass is 10.1. The highest BCUT2D eigenvalue weighted by Crippen LogP contribution is 2.32. The number of hydrogen-bond acceptors (Lipinski definition) is 3. The van der Waals surface area contributed by atoms with Gasteiger partial charge in [-0.05, 0) is 43.5 Å². The standard InChI is InChI=1S/C16H17NO2/c1-4-5-14-15(6-7-18-14)19-16-11(2)8-13(10-17)9-12(16)3/h6-9H,4-5H2,1-3H3. The van der Waals surface area contributed by atoms with Crippen LogP contribution in [0.15, 0.2) is 28.9 Å². The maximum Gasteiger partial charge on any atom is 0.168 e. The van der Waals surface area contributed by atoms with Gasteiger partial charge in [0, 0.05) is 12.5 Å². The molecule has 0 bridgehead atoms. The van der Waals surface area contributed by atoms with E-state index in [9.17, 15) is 0 Å². The number of hydrogen-bond donors (Lipinski definition) is 0. The second kappa shape index (κ2) is 5.62. The number of benzene rings is 1. The van der Waals surface area contributed by atoms with Gasteiger partial charge in [-0.15, -0.1) is 0 Å². The van der Waals surface area contributed by atoms with Crippen LogP contribution >= 0.6 is 0 Å². The zero-order chi connectivity index (χ0) is 13.8. The van der Waals surface area contributed by atoms with Crippen molar-refractivity contribution in [3.63, 3.8) is 0 Å². The average Bonchev–Trinajstić information content (AvgIpc) is 2.81. The second-order valence-electron chi connectivity index (χ2n) is 4.61. The van der Waals surface area contributed by atoms with Crippen LogP contribution in [0, 0.1) is 25.2 Å². The maximum absolute atomic E-state index is 8.94. The summed E-state index contributed by atoms with van der Waals surface area (Å²) in [5.41, 5.74) is 2.57. The maximum atomic E-state index is 8.94. The van der Waals surface area contributed by atoms with Gasteiger partial charge >= 0.3 is 0 Å². The van der Waals surface area contributed by atoms with E-state index in [0.717, 1.165) is 41.2 Å². The monoisotopic (exact) mass is 255 g/mol. The van der Waals surface area contributed by atoms with Crippen LogP contribution in [-0.4, -0.2) is 0 Å². The smallest absolute Gasteiger partial charge is 0.168 e. The van der Waals surface area contributed by atoms with Crippen LogP contribution in [0.1, 0.15) is 35.8 Å². The van der Waals surface area contributed by atoms with E-state index >= 15 is 0 Å². The van der Waals surface area contributed by atoms with Crippen molar-refractivity contribution in [2.45, 2.75) is 33.6 Å². The van der Waals surface area contributed by atoms with Gasteiger partial charge in [0.1, 0.15) is 11.5 Å². The van der Waals surface area contributed by atoms with Crippen molar-refractivity contribution in [3.8, 4) is 17.6 Å². The highest BCUT2D eigenvalue weighted by atomic mass is 16.5. The summed E-state index contributed by atoms with van der Waals surface area (Å²) < 4.78 is 11.4. The molecule has 0 aliphatic rings. The van der Waals surface area contributed by atoms with Crippen molar-refractivity contribution in [1.82, 2.24) is 0 Å². The molecule has 0 radical (unpaired) electrons. The van der Waals surface area contributed by atoms with E-state index in [0.29, 0.717) is 5.56 Å². The highest BCUT2D eigenvalue weighted by molar-refractivity contribution is 5.49. The first-order valence-electron chi connectivity index (χ1n) is 6.41. The Bertz CT molecular complexity index is 597. The van der Waals surface area contributed by atoms with E-state index in [2.05, 4.69) is 13.0 Å². The van der Waals surface area contributed by atoms with Gasteiger partial charge in [-0.1, -0.05) is 6.92 Å². The van der Waals surface area contributed by atoms with Crippen LogP contribution in [0.2, 0.25) is 0 Å². The molecule has 0 N–H and O–H groups in total. The number of furan rings is 1. The van der Waals surface area contributed by atoms with Crippen molar-refractivity contribution in [1.29, 1.82) is 5.26 Å². The first-order valence-corrected chi connectivity index (χ1v) is 6.41. The lowest BCUT2D eigenvalue weighted by Crippen LogP contribution is -1.94. The lowest BCUT2D eigenvalue weighted by molar-refractivity contribution is 0.433. The van der Waals surface area contributed by atoms with Crippen molar-refractivity contribution >= 4 is 0 Å². The third-order valence-corrected chi connectivity index (χ3v) is 2.98. The molecule has 0 atom stereocenters. The normalized spacial score (nSPS) is 10.2. The summed E-state index contributed by atoms with van der Waals surface area (Å²) in [6, 6.07) is 7.66. The molecule has 2 rings (SSSR count). The zero-order valence-corrected chi connectivity index (χ0v) is 11.5. The van der Waals surface area contributed by atoms with Crippen molar-refractivity contribution in [3.05, 3.63) is 46.9 Å². The molecule has 3 nitrogen and oxygen atoms in total. The van der Waals surface area contributed by atoms with E-state index in [1.165, 1.54) is 0 Å². The number of nitriles is 1. The largest absolute Gasteiger partial charge is 0.465 e. The Labute approximate surface area is 113 Å². The molecular formula is C16H17NO2. The van der Waals surface area contributed by atoms with E-state index in [1.807, 2.05) is 32.0 Å². The van der Waals surface area contributed by atoms with Crippen molar-refractivity contribution < 1.29 is 9.15 Å². The van der Waals surface area contributed by atoms with Crippen molar-refractivity contribution in [2.24, 2.45) is 0 Å². The Kier molecular flexibility index (Phi) is 3.91. The van der Waals surface area contributed by atoms with Gasteiger partial charge in [0.2, 0.25) is 0 Å². The average molecular weight is 255 g/mol. The Morgan fingerprint density at radius 1 is 1.26 bits per heavy atom. The first kappa shape index (κ1) is 13.2. The Hall–Kier alpha value is -2.21. The molecule has 19 heavy (non-hydrogen) atoms. The summed E-state index contributed by atoms with van der Waals surface area (Å²) in [5.74, 6) is 2.43. The van der Waals surface area contributed by atoms with Crippen molar-refractivity contribution in [2.75, 3.05) is 0 Å². The molecule has 0 unspecified atom stereocenters. The fourth-order valence-electron chi connectivity index (χ4n) is 2.11. The highest BCUT2D eigenvalue weighted by Gasteiger charge is 2.12. The van der Waals surface area contributed by atoms with E-state index < -0.39 is 0 Å². The predicted octanol–water partition coefficient (Wildman–Crippen LogP) is 4.51. The third-order valence-electron chi connectivity index (χ3n) is 2.98. The summed E-state index contributed by atoms with van der Waals surface area (Å²) >= 11 is 0.